The van der Waals surface area contributed by atoms with Crippen molar-refractivity contribution in [2.75, 3.05) is 0 Å². The quantitative estimate of drug-likeness (QED) is 0.539. The minimum atomic E-state index is -0.342. The van der Waals surface area contributed by atoms with E-state index in [0.717, 1.165) is 5.69 Å². The van der Waals surface area contributed by atoms with Gasteiger partial charge in [0.2, 0.25) is 0 Å². The van der Waals surface area contributed by atoms with E-state index in [-0.39, 0.29) is 12.1 Å². The van der Waals surface area contributed by atoms with Gasteiger partial charge in [-0.2, -0.15) is 0 Å². The van der Waals surface area contributed by atoms with Crippen molar-refractivity contribution in [1.82, 2.24) is 9.55 Å². The molecule has 0 N–H and O–H groups in total. The number of rotatable bonds is 3. The third-order valence-electron chi connectivity index (χ3n) is 1.47. The van der Waals surface area contributed by atoms with Gasteiger partial charge in [0.15, 0.2) is 0 Å². The Morgan fingerprint density at radius 3 is 2.86 bits per heavy atom. The number of hydrogen-bond acceptors (Lipinski definition) is 3. The standard InChI is InChI=1S/C10H14N2O2/c1-8(2)14-10(13)5-4-9-6-12(3)7-11-9/h4-8H,1-3H3/b5-4+. The van der Waals surface area contributed by atoms with Gasteiger partial charge in [0.25, 0.3) is 0 Å². The van der Waals surface area contributed by atoms with Gasteiger partial charge in [0.1, 0.15) is 0 Å². The number of imidazole rings is 1. The van der Waals surface area contributed by atoms with E-state index < -0.39 is 0 Å². The van der Waals surface area contributed by atoms with E-state index >= 15 is 0 Å². The molecule has 0 saturated heterocycles. The van der Waals surface area contributed by atoms with Gasteiger partial charge in [-0.1, -0.05) is 0 Å². The molecule has 0 aromatic carbocycles. The molecular formula is C10H14N2O2. The van der Waals surface area contributed by atoms with Crippen molar-refractivity contribution < 1.29 is 9.53 Å². The zero-order valence-electron chi connectivity index (χ0n) is 8.60. The molecule has 76 valence electrons. The lowest BCUT2D eigenvalue weighted by Crippen LogP contribution is -2.08. The van der Waals surface area contributed by atoms with Crippen LogP contribution < -0.4 is 0 Å². The Bertz CT molecular complexity index is 340. The summed E-state index contributed by atoms with van der Waals surface area (Å²) in [5, 5.41) is 0. The lowest BCUT2D eigenvalue weighted by molar-refractivity contribution is -0.141. The van der Waals surface area contributed by atoms with Gasteiger partial charge in [-0.05, 0) is 19.9 Å². The average molecular weight is 194 g/mol. The molecule has 4 heteroatoms. The predicted molar refractivity (Wildman–Crippen MR) is 53.5 cm³/mol. The van der Waals surface area contributed by atoms with Crippen LogP contribution in [0.5, 0.6) is 0 Å². The first-order valence-electron chi connectivity index (χ1n) is 4.44. The fourth-order valence-electron chi connectivity index (χ4n) is 0.944. The van der Waals surface area contributed by atoms with E-state index in [1.54, 1.807) is 12.4 Å². The smallest absolute Gasteiger partial charge is 0.331 e. The van der Waals surface area contributed by atoms with Gasteiger partial charge in [0.05, 0.1) is 18.1 Å². The number of ether oxygens (including phenoxy) is 1. The van der Waals surface area contributed by atoms with Crippen molar-refractivity contribution in [3.05, 3.63) is 24.3 Å². The molecule has 14 heavy (non-hydrogen) atoms. The van der Waals surface area contributed by atoms with Crippen molar-refractivity contribution >= 4 is 12.0 Å². The second kappa shape index (κ2) is 4.60. The maximum Gasteiger partial charge on any atom is 0.331 e. The van der Waals surface area contributed by atoms with Gasteiger partial charge in [-0.25, -0.2) is 9.78 Å². The van der Waals surface area contributed by atoms with E-state index in [9.17, 15) is 4.79 Å². The summed E-state index contributed by atoms with van der Waals surface area (Å²) in [6, 6.07) is 0. The van der Waals surface area contributed by atoms with E-state index in [1.807, 2.05) is 31.7 Å². The summed E-state index contributed by atoms with van der Waals surface area (Å²) in [4.78, 5) is 15.1. The Kier molecular flexibility index (Phi) is 3.45. The van der Waals surface area contributed by atoms with Crippen LogP contribution in [0, 0.1) is 0 Å². The van der Waals surface area contributed by atoms with E-state index in [0.29, 0.717) is 0 Å². The number of hydrogen-bond donors (Lipinski definition) is 0. The van der Waals surface area contributed by atoms with E-state index in [4.69, 9.17) is 4.74 Å². The van der Waals surface area contributed by atoms with Gasteiger partial charge in [-0.15, -0.1) is 0 Å². The summed E-state index contributed by atoms with van der Waals surface area (Å²) >= 11 is 0. The summed E-state index contributed by atoms with van der Waals surface area (Å²) in [5.74, 6) is -0.342. The van der Waals surface area contributed by atoms with Crippen molar-refractivity contribution in [2.24, 2.45) is 7.05 Å². The first kappa shape index (κ1) is 10.5. The van der Waals surface area contributed by atoms with Crippen LogP contribution in [0.3, 0.4) is 0 Å². The van der Waals surface area contributed by atoms with E-state index in [2.05, 4.69) is 4.98 Å². The molecule has 0 amide bonds. The maximum absolute atomic E-state index is 11.1. The number of aryl methyl sites for hydroxylation is 1. The number of aromatic nitrogens is 2. The summed E-state index contributed by atoms with van der Waals surface area (Å²) in [5.41, 5.74) is 0.744. The Labute approximate surface area is 83.2 Å². The molecule has 0 spiro atoms. The molecule has 0 saturated carbocycles. The van der Waals surface area contributed by atoms with Gasteiger partial charge in [-0.3, -0.25) is 0 Å². The van der Waals surface area contributed by atoms with Gasteiger partial charge >= 0.3 is 5.97 Å². The van der Waals surface area contributed by atoms with Crippen molar-refractivity contribution in [1.29, 1.82) is 0 Å². The molecule has 0 unspecified atom stereocenters. The summed E-state index contributed by atoms with van der Waals surface area (Å²) in [7, 11) is 1.87. The molecule has 0 aliphatic rings. The fourth-order valence-corrected chi connectivity index (χ4v) is 0.944. The van der Waals surface area contributed by atoms with Crippen LogP contribution in [0.15, 0.2) is 18.6 Å². The number of carbonyl (C=O) groups is 1. The van der Waals surface area contributed by atoms with Gasteiger partial charge < -0.3 is 9.30 Å². The Morgan fingerprint density at radius 1 is 1.64 bits per heavy atom. The number of nitrogens with zero attached hydrogens (tertiary/aromatic N) is 2. The molecule has 1 aromatic heterocycles. The first-order valence-corrected chi connectivity index (χ1v) is 4.44. The molecule has 1 aromatic rings. The molecule has 0 radical (unpaired) electrons. The molecule has 1 heterocycles. The highest BCUT2D eigenvalue weighted by atomic mass is 16.5. The first-order chi connectivity index (χ1) is 6.58. The van der Waals surface area contributed by atoms with Gasteiger partial charge in [0, 0.05) is 19.3 Å². The molecule has 0 bridgehead atoms. The van der Waals surface area contributed by atoms with Crippen molar-refractivity contribution in [2.45, 2.75) is 20.0 Å². The maximum atomic E-state index is 11.1. The SMILES string of the molecule is CC(C)OC(=O)/C=C/c1cn(C)cn1. The molecule has 0 atom stereocenters. The fraction of sp³-hybridized carbons (Fsp3) is 0.400. The highest BCUT2D eigenvalue weighted by Crippen LogP contribution is 1.98. The molecule has 0 aliphatic heterocycles. The highest BCUT2D eigenvalue weighted by Gasteiger charge is 2.00. The summed E-state index contributed by atoms with van der Waals surface area (Å²) in [6.07, 6.45) is 6.41. The molecule has 0 fully saturated rings. The second-order valence-corrected chi connectivity index (χ2v) is 3.28. The topological polar surface area (TPSA) is 44.1 Å². The van der Waals surface area contributed by atoms with Crippen LogP contribution in [0.4, 0.5) is 0 Å². The van der Waals surface area contributed by atoms with Crippen molar-refractivity contribution in [3.8, 4) is 0 Å². The second-order valence-electron chi connectivity index (χ2n) is 3.28. The molecule has 0 aliphatic carbocycles. The Morgan fingerprint density at radius 2 is 2.36 bits per heavy atom. The van der Waals surface area contributed by atoms with Crippen LogP contribution in [-0.4, -0.2) is 21.6 Å². The molecule has 4 nitrogen and oxygen atoms in total. The molecular weight excluding hydrogens is 180 g/mol. The van der Waals surface area contributed by atoms with Crippen molar-refractivity contribution in [3.63, 3.8) is 0 Å². The van der Waals surface area contributed by atoms with E-state index in [1.165, 1.54) is 6.08 Å². The summed E-state index contributed by atoms with van der Waals surface area (Å²) < 4.78 is 6.73. The van der Waals surface area contributed by atoms with Crippen LogP contribution in [-0.2, 0) is 16.6 Å². The van der Waals surface area contributed by atoms with Crippen LogP contribution in [0.2, 0.25) is 0 Å². The van der Waals surface area contributed by atoms with Crippen LogP contribution >= 0.6 is 0 Å². The zero-order chi connectivity index (χ0) is 10.6. The summed E-state index contributed by atoms with van der Waals surface area (Å²) in [6.45, 7) is 3.62. The average Bonchev–Trinajstić information content (AvgIpc) is 2.47. The normalized spacial score (nSPS) is 11.1. The predicted octanol–water partition coefficient (Wildman–Crippen LogP) is 1.38. The minimum absolute atomic E-state index is 0.0871. The Balaban J connectivity index is 2.51. The minimum Gasteiger partial charge on any atom is -0.460 e. The lowest BCUT2D eigenvalue weighted by Gasteiger charge is -2.03. The Hall–Kier alpha value is -1.58. The molecule has 1 rings (SSSR count). The largest absolute Gasteiger partial charge is 0.460 e. The number of carbonyl (C=O) groups excluding carboxylic acids is 1. The number of esters is 1. The third kappa shape index (κ3) is 3.43. The lowest BCUT2D eigenvalue weighted by atomic mass is 10.4. The third-order valence-corrected chi connectivity index (χ3v) is 1.47. The zero-order valence-corrected chi connectivity index (χ0v) is 8.60. The van der Waals surface area contributed by atoms with Crippen LogP contribution in [0.25, 0.3) is 6.08 Å². The van der Waals surface area contributed by atoms with Crippen LogP contribution in [0.1, 0.15) is 19.5 Å². The monoisotopic (exact) mass is 194 g/mol. The highest BCUT2D eigenvalue weighted by molar-refractivity contribution is 5.86.